The van der Waals surface area contributed by atoms with Crippen LogP contribution in [0.1, 0.15) is 48.3 Å². The summed E-state index contributed by atoms with van der Waals surface area (Å²) in [6.07, 6.45) is 5.45. The lowest BCUT2D eigenvalue weighted by Gasteiger charge is -2.42. The summed E-state index contributed by atoms with van der Waals surface area (Å²) in [7, 11) is 1.73. The number of carbonyl (C=O) groups excluding carboxylic acids is 1. The number of rotatable bonds is 3. The van der Waals surface area contributed by atoms with Gasteiger partial charge in [0.1, 0.15) is 5.75 Å². The predicted molar refractivity (Wildman–Crippen MR) is 119 cm³/mol. The average molecular weight is 405 g/mol. The van der Waals surface area contributed by atoms with Gasteiger partial charge in [-0.2, -0.15) is 0 Å². The highest BCUT2D eigenvalue weighted by Crippen LogP contribution is 2.46. The number of piperidine rings is 1. The maximum Gasteiger partial charge on any atom is 0.227 e. The van der Waals surface area contributed by atoms with Gasteiger partial charge in [-0.1, -0.05) is 36.4 Å². The van der Waals surface area contributed by atoms with Crippen molar-refractivity contribution in [2.75, 3.05) is 33.3 Å². The number of likely N-dealkylation sites (tertiary alicyclic amines) is 1. The van der Waals surface area contributed by atoms with Gasteiger partial charge in [-0.05, 0) is 66.8 Å². The fourth-order valence-corrected chi connectivity index (χ4v) is 6.12. The van der Waals surface area contributed by atoms with E-state index >= 15 is 0 Å². The first-order chi connectivity index (χ1) is 14.7. The van der Waals surface area contributed by atoms with Gasteiger partial charge in [0.25, 0.3) is 0 Å². The van der Waals surface area contributed by atoms with E-state index in [1.54, 1.807) is 7.11 Å². The molecule has 1 N–H and O–H groups in total. The predicted octanol–water partition coefficient (Wildman–Crippen LogP) is 3.89. The Morgan fingerprint density at radius 2 is 1.93 bits per heavy atom. The molecule has 3 aliphatic rings. The quantitative estimate of drug-likeness (QED) is 0.844. The second-order valence-electron chi connectivity index (χ2n) is 9.23. The molecule has 5 rings (SSSR count). The van der Waals surface area contributed by atoms with Crippen molar-refractivity contribution in [1.82, 2.24) is 10.2 Å². The van der Waals surface area contributed by atoms with Gasteiger partial charge in [-0.25, -0.2) is 0 Å². The van der Waals surface area contributed by atoms with Crippen molar-refractivity contribution >= 4 is 5.91 Å². The van der Waals surface area contributed by atoms with Crippen molar-refractivity contribution in [3.8, 4) is 5.75 Å². The van der Waals surface area contributed by atoms with Gasteiger partial charge in [0.05, 0.1) is 13.0 Å². The number of hydrogen-bond acceptors (Lipinski definition) is 3. The van der Waals surface area contributed by atoms with Crippen LogP contribution in [0.4, 0.5) is 0 Å². The first-order valence-electron chi connectivity index (χ1n) is 11.4. The molecule has 1 spiro atoms. The highest BCUT2D eigenvalue weighted by Gasteiger charge is 2.51. The van der Waals surface area contributed by atoms with E-state index < -0.39 is 0 Å². The molecule has 4 heteroatoms. The number of nitrogens with one attached hydrogen (secondary N) is 1. The first-order valence-corrected chi connectivity index (χ1v) is 11.4. The van der Waals surface area contributed by atoms with Crippen LogP contribution in [-0.4, -0.2) is 44.1 Å². The van der Waals surface area contributed by atoms with Gasteiger partial charge < -0.3 is 15.0 Å². The fraction of sp³-hybridized carbons (Fsp3) is 0.500. The summed E-state index contributed by atoms with van der Waals surface area (Å²) in [4.78, 5) is 15.9. The second-order valence-corrected chi connectivity index (χ2v) is 9.23. The molecule has 1 amide bonds. The number of fused-ring (bicyclic) bond motifs is 2. The molecule has 0 aromatic heterocycles. The minimum absolute atomic E-state index is 0.0400. The SMILES string of the molecule is COc1ccc2c(c1)CCC[C@]21CNC[C@H]1C(=O)N1CCC(c2ccccc2)CC1. The number of ether oxygens (including phenoxy) is 1. The Balaban J connectivity index is 1.35. The van der Waals surface area contributed by atoms with E-state index in [0.29, 0.717) is 11.8 Å². The molecule has 158 valence electrons. The summed E-state index contributed by atoms with van der Waals surface area (Å²) in [5.41, 5.74) is 4.09. The third-order valence-corrected chi connectivity index (χ3v) is 7.75. The van der Waals surface area contributed by atoms with Crippen molar-refractivity contribution in [3.05, 3.63) is 65.2 Å². The summed E-state index contributed by atoms with van der Waals surface area (Å²) >= 11 is 0. The zero-order valence-electron chi connectivity index (χ0n) is 17.9. The molecule has 2 heterocycles. The highest BCUT2D eigenvalue weighted by atomic mass is 16.5. The van der Waals surface area contributed by atoms with E-state index in [1.165, 1.54) is 16.7 Å². The summed E-state index contributed by atoms with van der Waals surface area (Å²) in [6.45, 7) is 3.45. The molecule has 2 aliphatic heterocycles. The average Bonchev–Trinajstić information content (AvgIpc) is 3.23. The molecular weight excluding hydrogens is 372 g/mol. The standard InChI is InChI=1S/C26H32N2O2/c1-30-22-9-10-23-21(16-22)8-5-13-26(23)18-27-17-24(26)25(29)28-14-11-20(12-15-28)19-6-3-2-4-7-19/h2-4,6-7,9-10,16,20,24,27H,5,8,11-15,17-18H2,1H3/t24-,26-/m0/s1. The summed E-state index contributed by atoms with van der Waals surface area (Å²) in [6, 6.07) is 17.2. The first kappa shape index (κ1) is 19.6. The van der Waals surface area contributed by atoms with Gasteiger partial charge in [0.15, 0.2) is 0 Å². The van der Waals surface area contributed by atoms with E-state index in [0.717, 1.165) is 64.0 Å². The minimum Gasteiger partial charge on any atom is -0.497 e. The molecule has 2 fully saturated rings. The molecule has 0 unspecified atom stereocenters. The number of amides is 1. The molecule has 4 nitrogen and oxygen atoms in total. The number of nitrogens with zero attached hydrogens (tertiary/aromatic N) is 1. The highest BCUT2D eigenvalue weighted by molar-refractivity contribution is 5.82. The Morgan fingerprint density at radius 3 is 2.70 bits per heavy atom. The maximum atomic E-state index is 13.7. The molecule has 0 saturated carbocycles. The molecule has 0 radical (unpaired) electrons. The minimum atomic E-state index is -0.0623. The number of methoxy groups -OCH3 is 1. The molecule has 2 aromatic carbocycles. The van der Waals surface area contributed by atoms with Crippen LogP contribution in [0.3, 0.4) is 0 Å². The second kappa shape index (κ2) is 8.07. The number of carbonyl (C=O) groups is 1. The zero-order valence-corrected chi connectivity index (χ0v) is 17.9. The van der Waals surface area contributed by atoms with Gasteiger partial charge in [0, 0.05) is 31.6 Å². The lowest BCUT2D eigenvalue weighted by Crippen LogP contribution is -2.49. The van der Waals surface area contributed by atoms with Crippen LogP contribution < -0.4 is 10.1 Å². The molecule has 0 bridgehead atoms. The Morgan fingerprint density at radius 1 is 1.13 bits per heavy atom. The molecule has 2 saturated heterocycles. The lowest BCUT2D eigenvalue weighted by atomic mass is 9.64. The monoisotopic (exact) mass is 404 g/mol. The van der Waals surface area contributed by atoms with Gasteiger partial charge >= 0.3 is 0 Å². The van der Waals surface area contributed by atoms with Crippen LogP contribution in [0, 0.1) is 5.92 Å². The molecular formula is C26H32N2O2. The van der Waals surface area contributed by atoms with E-state index in [9.17, 15) is 4.79 Å². The number of hydrogen-bond donors (Lipinski definition) is 1. The lowest BCUT2D eigenvalue weighted by molar-refractivity contribution is -0.138. The molecule has 30 heavy (non-hydrogen) atoms. The van der Waals surface area contributed by atoms with E-state index in [-0.39, 0.29) is 11.3 Å². The largest absolute Gasteiger partial charge is 0.497 e. The van der Waals surface area contributed by atoms with Crippen LogP contribution in [0.5, 0.6) is 5.75 Å². The Hall–Kier alpha value is -2.33. The van der Waals surface area contributed by atoms with Crippen LogP contribution in [0.25, 0.3) is 0 Å². The molecule has 2 atom stereocenters. The Bertz CT molecular complexity index is 905. The van der Waals surface area contributed by atoms with Crippen molar-refractivity contribution in [2.45, 2.75) is 43.4 Å². The van der Waals surface area contributed by atoms with Crippen molar-refractivity contribution < 1.29 is 9.53 Å². The van der Waals surface area contributed by atoms with Gasteiger partial charge in [-0.3, -0.25) is 4.79 Å². The van der Waals surface area contributed by atoms with E-state index in [2.05, 4.69) is 58.7 Å². The number of benzene rings is 2. The molecule has 2 aromatic rings. The normalized spacial score (nSPS) is 26.6. The third kappa shape index (κ3) is 3.31. The fourth-order valence-electron chi connectivity index (χ4n) is 6.12. The van der Waals surface area contributed by atoms with Crippen LogP contribution in [-0.2, 0) is 16.6 Å². The Labute approximate surface area is 179 Å². The van der Waals surface area contributed by atoms with E-state index in [1.807, 2.05) is 0 Å². The number of aryl methyl sites for hydroxylation is 1. The summed E-state index contributed by atoms with van der Waals surface area (Å²) < 4.78 is 5.46. The maximum absolute atomic E-state index is 13.7. The third-order valence-electron chi connectivity index (χ3n) is 7.75. The van der Waals surface area contributed by atoms with Crippen molar-refractivity contribution in [3.63, 3.8) is 0 Å². The van der Waals surface area contributed by atoms with Gasteiger partial charge in [-0.15, -0.1) is 0 Å². The van der Waals surface area contributed by atoms with Crippen molar-refractivity contribution in [2.24, 2.45) is 5.92 Å². The van der Waals surface area contributed by atoms with Crippen LogP contribution >= 0.6 is 0 Å². The van der Waals surface area contributed by atoms with Crippen LogP contribution in [0.2, 0.25) is 0 Å². The summed E-state index contributed by atoms with van der Waals surface area (Å²) in [5, 5.41) is 3.58. The zero-order chi connectivity index (χ0) is 20.6. The smallest absolute Gasteiger partial charge is 0.227 e. The van der Waals surface area contributed by atoms with E-state index in [4.69, 9.17) is 4.74 Å². The van der Waals surface area contributed by atoms with Crippen molar-refractivity contribution in [1.29, 1.82) is 0 Å². The van der Waals surface area contributed by atoms with Gasteiger partial charge in [0.2, 0.25) is 5.91 Å². The van der Waals surface area contributed by atoms with Crippen LogP contribution in [0.15, 0.2) is 48.5 Å². The topological polar surface area (TPSA) is 41.6 Å². The Kier molecular flexibility index (Phi) is 5.28. The summed E-state index contributed by atoms with van der Waals surface area (Å²) in [5.74, 6) is 1.89. The molecule has 1 aliphatic carbocycles.